The number of hydrogen-bond acceptors (Lipinski definition) is 5. The van der Waals surface area contributed by atoms with E-state index in [1.807, 2.05) is 19.1 Å². The van der Waals surface area contributed by atoms with E-state index < -0.39 is 0 Å². The van der Waals surface area contributed by atoms with Crippen LogP contribution in [0.5, 0.6) is 5.75 Å². The third-order valence-corrected chi connectivity index (χ3v) is 4.37. The van der Waals surface area contributed by atoms with Crippen molar-refractivity contribution in [3.05, 3.63) is 24.3 Å². The molecule has 0 amide bonds. The van der Waals surface area contributed by atoms with Crippen molar-refractivity contribution in [3.8, 4) is 5.75 Å². The third kappa shape index (κ3) is 5.82. The lowest BCUT2D eigenvalue weighted by Crippen LogP contribution is -2.52. The van der Waals surface area contributed by atoms with Crippen LogP contribution in [0.1, 0.15) is 19.8 Å². The number of carbonyl (C=O) groups is 1. The molecule has 1 fully saturated rings. The summed E-state index contributed by atoms with van der Waals surface area (Å²) in [5.74, 6) is 1.63. The standard InChI is InChI=1S/C19H30N4O3/c1-4-26-18(24)6-5-11-21-19(20-2)23-14-12-22(13-15-23)16-7-9-17(25-3)10-8-16/h7-10H,4-6,11-15H2,1-3H3,(H,20,21). The van der Waals surface area contributed by atoms with Gasteiger partial charge in [0.05, 0.1) is 13.7 Å². The summed E-state index contributed by atoms with van der Waals surface area (Å²) >= 11 is 0. The van der Waals surface area contributed by atoms with E-state index in [1.165, 1.54) is 5.69 Å². The number of aliphatic imine (C=N–C) groups is 1. The molecule has 1 aromatic carbocycles. The maximum Gasteiger partial charge on any atom is 0.305 e. The van der Waals surface area contributed by atoms with E-state index in [0.717, 1.165) is 44.3 Å². The highest BCUT2D eigenvalue weighted by atomic mass is 16.5. The van der Waals surface area contributed by atoms with Crippen molar-refractivity contribution in [1.29, 1.82) is 0 Å². The minimum atomic E-state index is -0.141. The molecule has 0 atom stereocenters. The molecule has 1 heterocycles. The normalized spacial score (nSPS) is 15.0. The number of guanidine groups is 1. The highest BCUT2D eigenvalue weighted by Gasteiger charge is 2.19. The molecule has 0 bridgehead atoms. The van der Waals surface area contributed by atoms with E-state index in [1.54, 1.807) is 14.2 Å². The highest BCUT2D eigenvalue weighted by molar-refractivity contribution is 5.80. The van der Waals surface area contributed by atoms with Gasteiger partial charge in [0.2, 0.25) is 0 Å². The van der Waals surface area contributed by atoms with Crippen LogP contribution in [-0.4, -0.2) is 70.3 Å². The van der Waals surface area contributed by atoms with Crippen molar-refractivity contribution < 1.29 is 14.3 Å². The Morgan fingerprint density at radius 3 is 2.46 bits per heavy atom. The van der Waals surface area contributed by atoms with E-state index >= 15 is 0 Å². The summed E-state index contributed by atoms with van der Waals surface area (Å²) in [5, 5.41) is 3.34. The van der Waals surface area contributed by atoms with Crippen molar-refractivity contribution in [1.82, 2.24) is 10.2 Å². The van der Waals surface area contributed by atoms with Crippen LogP contribution in [0.25, 0.3) is 0 Å². The van der Waals surface area contributed by atoms with Gasteiger partial charge in [0.25, 0.3) is 0 Å². The van der Waals surface area contributed by atoms with Gasteiger partial charge in [-0.15, -0.1) is 0 Å². The van der Waals surface area contributed by atoms with Gasteiger partial charge in [-0.25, -0.2) is 0 Å². The van der Waals surface area contributed by atoms with Gasteiger partial charge in [-0.2, -0.15) is 0 Å². The third-order valence-electron chi connectivity index (χ3n) is 4.37. The van der Waals surface area contributed by atoms with E-state index in [0.29, 0.717) is 19.6 Å². The molecule has 0 aliphatic carbocycles. The predicted octanol–water partition coefficient (Wildman–Crippen LogP) is 1.74. The number of rotatable bonds is 7. The lowest BCUT2D eigenvalue weighted by molar-refractivity contribution is -0.143. The molecule has 0 saturated carbocycles. The first kappa shape index (κ1) is 19.9. The van der Waals surface area contributed by atoms with E-state index in [-0.39, 0.29) is 5.97 Å². The van der Waals surface area contributed by atoms with E-state index in [4.69, 9.17) is 9.47 Å². The van der Waals surface area contributed by atoms with Gasteiger partial charge in [0, 0.05) is 51.9 Å². The second-order valence-corrected chi connectivity index (χ2v) is 6.05. The number of nitrogens with zero attached hydrogens (tertiary/aromatic N) is 3. The Hall–Kier alpha value is -2.44. The van der Waals surface area contributed by atoms with Gasteiger partial charge in [0.15, 0.2) is 5.96 Å². The highest BCUT2D eigenvalue weighted by Crippen LogP contribution is 2.20. The van der Waals surface area contributed by atoms with Gasteiger partial charge in [0.1, 0.15) is 5.75 Å². The van der Waals surface area contributed by atoms with Crippen LogP contribution < -0.4 is 15.0 Å². The Morgan fingerprint density at radius 1 is 1.19 bits per heavy atom. The van der Waals surface area contributed by atoms with Gasteiger partial charge >= 0.3 is 5.97 Å². The Morgan fingerprint density at radius 2 is 1.88 bits per heavy atom. The molecular weight excluding hydrogens is 332 g/mol. The molecule has 2 rings (SSSR count). The summed E-state index contributed by atoms with van der Waals surface area (Å²) in [7, 11) is 3.47. The van der Waals surface area contributed by atoms with Crippen LogP contribution in [0.15, 0.2) is 29.3 Å². The zero-order chi connectivity index (χ0) is 18.8. The molecule has 0 radical (unpaired) electrons. The first-order valence-corrected chi connectivity index (χ1v) is 9.18. The van der Waals surface area contributed by atoms with Crippen molar-refractivity contribution >= 4 is 17.6 Å². The largest absolute Gasteiger partial charge is 0.497 e. The molecule has 0 spiro atoms. The fourth-order valence-electron chi connectivity index (χ4n) is 2.97. The zero-order valence-corrected chi connectivity index (χ0v) is 16.0. The van der Waals surface area contributed by atoms with Crippen LogP contribution in [-0.2, 0) is 9.53 Å². The van der Waals surface area contributed by atoms with Gasteiger partial charge < -0.3 is 24.6 Å². The number of methoxy groups -OCH3 is 1. The molecule has 1 N–H and O–H groups in total. The zero-order valence-electron chi connectivity index (χ0n) is 16.0. The first-order valence-electron chi connectivity index (χ1n) is 9.18. The minimum Gasteiger partial charge on any atom is -0.497 e. The summed E-state index contributed by atoms with van der Waals surface area (Å²) in [6.07, 6.45) is 1.17. The molecule has 0 aromatic heterocycles. The first-order chi connectivity index (χ1) is 12.7. The number of nitrogens with one attached hydrogen (secondary N) is 1. The number of carbonyl (C=O) groups excluding carboxylic acids is 1. The smallest absolute Gasteiger partial charge is 0.305 e. The van der Waals surface area contributed by atoms with E-state index in [2.05, 4.69) is 32.2 Å². The van der Waals surface area contributed by atoms with Crippen molar-refractivity contribution in [2.24, 2.45) is 4.99 Å². The molecule has 0 unspecified atom stereocenters. The van der Waals surface area contributed by atoms with Crippen LogP contribution >= 0.6 is 0 Å². The molecule has 144 valence electrons. The molecule has 1 aromatic rings. The van der Waals surface area contributed by atoms with E-state index in [9.17, 15) is 4.79 Å². The summed E-state index contributed by atoms with van der Waals surface area (Å²) in [4.78, 5) is 20.4. The monoisotopic (exact) mass is 362 g/mol. The minimum absolute atomic E-state index is 0.141. The molecular formula is C19H30N4O3. The topological polar surface area (TPSA) is 66.4 Å². The van der Waals surface area contributed by atoms with Crippen LogP contribution in [0, 0.1) is 0 Å². The Labute approximate surface area is 156 Å². The average molecular weight is 362 g/mol. The summed E-state index contributed by atoms with van der Waals surface area (Å²) in [6.45, 7) is 6.67. The second-order valence-electron chi connectivity index (χ2n) is 6.05. The summed E-state index contributed by atoms with van der Waals surface area (Å²) in [6, 6.07) is 8.17. The van der Waals surface area contributed by atoms with Crippen LogP contribution in [0.3, 0.4) is 0 Å². The number of benzene rings is 1. The summed E-state index contributed by atoms with van der Waals surface area (Å²) < 4.78 is 10.2. The quantitative estimate of drug-likeness (QED) is 0.345. The second kappa shape index (κ2) is 10.5. The van der Waals surface area contributed by atoms with Crippen molar-refractivity contribution in [2.45, 2.75) is 19.8 Å². The Kier molecular flexibility index (Phi) is 8.05. The van der Waals surface area contributed by atoms with Crippen molar-refractivity contribution in [3.63, 3.8) is 0 Å². The van der Waals surface area contributed by atoms with Gasteiger partial charge in [-0.05, 0) is 37.6 Å². The van der Waals surface area contributed by atoms with Crippen LogP contribution in [0.4, 0.5) is 5.69 Å². The number of ether oxygens (including phenoxy) is 2. The Balaban J connectivity index is 1.75. The number of esters is 1. The molecule has 1 saturated heterocycles. The average Bonchev–Trinajstić information content (AvgIpc) is 2.68. The Bertz CT molecular complexity index is 581. The van der Waals surface area contributed by atoms with Gasteiger partial charge in [-0.3, -0.25) is 9.79 Å². The number of anilines is 1. The molecule has 26 heavy (non-hydrogen) atoms. The SMILES string of the molecule is CCOC(=O)CCCNC(=NC)N1CCN(c2ccc(OC)cc2)CC1. The molecule has 7 nitrogen and oxygen atoms in total. The van der Waals surface area contributed by atoms with Gasteiger partial charge in [-0.1, -0.05) is 0 Å². The predicted molar refractivity (Wildman–Crippen MR) is 104 cm³/mol. The molecule has 7 heteroatoms. The maximum atomic E-state index is 11.4. The van der Waals surface area contributed by atoms with Crippen LogP contribution in [0.2, 0.25) is 0 Å². The lowest BCUT2D eigenvalue weighted by atomic mass is 10.2. The summed E-state index contributed by atoms with van der Waals surface area (Å²) in [5.41, 5.74) is 1.21. The fourth-order valence-corrected chi connectivity index (χ4v) is 2.97. The molecule has 1 aliphatic rings. The maximum absolute atomic E-state index is 11.4. The molecule has 1 aliphatic heterocycles. The fraction of sp³-hybridized carbons (Fsp3) is 0.579. The van der Waals surface area contributed by atoms with Crippen molar-refractivity contribution in [2.75, 3.05) is 58.4 Å². The number of hydrogen-bond donors (Lipinski definition) is 1. The lowest BCUT2D eigenvalue weighted by Gasteiger charge is -2.37. The number of piperazine rings is 1.